The van der Waals surface area contributed by atoms with Crippen molar-refractivity contribution in [3.8, 4) is 11.3 Å². The molecule has 0 saturated heterocycles. The molecule has 0 aliphatic heterocycles. The van der Waals surface area contributed by atoms with Gasteiger partial charge in [0.25, 0.3) is 6.33 Å². The molecule has 3 aromatic carbocycles. The van der Waals surface area contributed by atoms with Crippen molar-refractivity contribution >= 4 is 16.6 Å². The van der Waals surface area contributed by atoms with Crippen molar-refractivity contribution in [2.24, 2.45) is 0 Å². The van der Waals surface area contributed by atoms with Gasteiger partial charge >= 0.3 is 0 Å². The van der Waals surface area contributed by atoms with Crippen molar-refractivity contribution in [3.05, 3.63) is 95.9 Å². The van der Waals surface area contributed by atoms with Crippen molar-refractivity contribution in [2.45, 2.75) is 20.4 Å². The highest BCUT2D eigenvalue weighted by molar-refractivity contribution is 6.07. The van der Waals surface area contributed by atoms with E-state index in [2.05, 4.69) is 37.0 Å². The monoisotopic (exact) mass is 353 g/mol. The molecule has 0 unspecified atom stereocenters. The standard InChI is InChI=1S/C24H21N2O/c1-17-10-11-20(18(2)14-17)23-12-13-26(16-25-23)15-24(27)22-9-5-7-19-6-3-4-8-21(19)22/h3-14,16H,15H2,1-2H3/q+1. The zero-order chi connectivity index (χ0) is 18.8. The van der Waals surface area contributed by atoms with Crippen LogP contribution in [0.2, 0.25) is 0 Å². The maximum Gasteiger partial charge on any atom is 0.287 e. The number of hydrogen-bond donors (Lipinski definition) is 0. The summed E-state index contributed by atoms with van der Waals surface area (Å²) >= 11 is 0. The minimum Gasteiger partial charge on any atom is -0.290 e. The molecule has 4 aromatic rings. The van der Waals surface area contributed by atoms with Crippen molar-refractivity contribution in [1.29, 1.82) is 0 Å². The third kappa shape index (κ3) is 3.49. The normalized spacial score (nSPS) is 10.9. The summed E-state index contributed by atoms with van der Waals surface area (Å²) in [4.78, 5) is 17.4. The predicted octanol–water partition coefficient (Wildman–Crippen LogP) is 4.69. The van der Waals surface area contributed by atoms with Crippen LogP contribution in [0.1, 0.15) is 21.5 Å². The maximum atomic E-state index is 12.8. The Kier molecular flexibility index (Phi) is 4.51. The summed E-state index contributed by atoms with van der Waals surface area (Å²) in [6.45, 7) is 4.45. The fraction of sp³-hybridized carbons (Fsp3) is 0.125. The summed E-state index contributed by atoms with van der Waals surface area (Å²) < 4.78 is 1.83. The Hall–Kier alpha value is -3.33. The summed E-state index contributed by atoms with van der Waals surface area (Å²) in [7, 11) is 0. The molecule has 4 rings (SSSR count). The van der Waals surface area contributed by atoms with Gasteiger partial charge in [0, 0.05) is 17.2 Å². The number of carbonyl (C=O) groups excluding carboxylic acids is 1. The number of carbonyl (C=O) groups is 1. The first-order valence-electron chi connectivity index (χ1n) is 9.05. The number of fused-ring (bicyclic) bond motifs is 1. The number of benzene rings is 3. The highest BCUT2D eigenvalue weighted by atomic mass is 16.1. The maximum absolute atomic E-state index is 12.8. The average molecular weight is 353 g/mol. The van der Waals surface area contributed by atoms with E-state index < -0.39 is 0 Å². The van der Waals surface area contributed by atoms with Crippen molar-refractivity contribution in [3.63, 3.8) is 0 Å². The van der Waals surface area contributed by atoms with E-state index in [1.807, 2.05) is 59.3 Å². The van der Waals surface area contributed by atoms with Crippen LogP contribution in [0.3, 0.4) is 0 Å². The zero-order valence-electron chi connectivity index (χ0n) is 15.5. The van der Waals surface area contributed by atoms with Gasteiger partial charge in [0.05, 0.1) is 6.20 Å². The van der Waals surface area contributed by atoms with Gasteiger partial charge in [0.1, 0.15) is 0 Å². The molecule has 0 saturated carbocycles. The lowest BCUT2D eigenvalue weighted by Gasteiger charge is -2.06. The Morgan fingerprint density at radius 1 is 0.963 bits per heavy atom. The third-order valence-electron chi connectivity index (χ3n) is 4.84. The minimum atomic E-state index is 0.0814. The van der Waals surface area contributed by atoms with Crippen LogP contribution in [0.25, 0.3) is 22.0 Å². The molecule has 0 bridgehead atoms. The molecular formula is C24H21N2O+. The summed E-state index contributed by atoms with van der Waals surface area (Å²) in [5.74, 6) is 0.0814. The Bertz CT molecular complexity index is 1130. The molecule has 1 aromatic heterocycles. The smallest absolute Gasteiger partial charge is 0.287 e. The molecule has 0 aliphatic rings. The molecule has 132 valence electrons. The van der Waals surface area contributed by atoms with Crippen LogP contribution in [0.15, 0.2) is 79.3 Å². The van der Waals surface area contributed by atoms with Crippen molar-refractivity contribution in [2.75, 3.05) is 0 Å². The quantitative estimate of drug-likeness (QED) is 0.394. The summed E-state index contributed by atoms with van der Waals surface area (Å²) in [5, 5.41) is 2.07. The lowest BCUT2D eigenvalue weighted by atomic mass is 10.0. The molecule has 0 radical (unpaired) electrons. The number of ketones is 1. The van der Waals surface area contributed by atoms with Gasteiger partial charge in [-0.15, -0.1) is 0 Å². The first kappa shape index (κ1) is 17.1. The van der Waals surface area contributed by atoms with Crippen LogP contribution in [0.4, 0.5) is 0 Å². The van der Waals surface area contributed by atoms with Crippen LogP contribution in [-0.2, 0) is 6.54 Å². The van der Waals surface area contributed by atoms with Crippen LogP contribution in [0, 0.1) is 13.8 Å². The van der Waals surface area contributed by atoms with Gasteiger partial charge in [-0.2, -0.15) is 0 Å². The predicted molar refractivity (Wildman–Crippen MR) is 108 cm³/mol. The van der Waals surface area contributed by atoms with E-state index in [0.717, 1.165) is 27.6 Å². The molecule has 0 spiro atoms. The molecule has 3 nitrogen and oxygen atoms in total. The number of rotatable bonds is 4. The fourth-order valence-corrected chi connectivity index (χ4v) is 3.46. The number of aromatic nitrogens is 2. The van der Waals surface area contributed by atoms with E-state index in [9.17, 15) is 4.79 Å². The molecule has 0 aliphatic carbocycles. The second kappa shape index (κ2) is 7.12. The van der Waals surface area contributed by atoms with E-state index in [1.54, 1.807) is 6.33 Å². The second-order valence-electron chi connectivity index (χ2n) is 6.89. The van der Waals surface area contributed by atoms with E-state index in [1.165, 1.54) is 11.1 Å². The molecule has 0 atom stereocenters. The molecule has 27 heavy (non-hydrogen) atoms. The molecule has 0 N–H and O–H groups in total. The van der Waals surface area contributed by atoms with Gasteiger partial charge in [0.2, 0.25) is 5.78 Å². The Morgan fingerprint density at radius 3 is 2.56 bits per heavy atom. The van der Waals surface area contributed by atoms with Gasteiger partial charge in [0.15, 0.2) is 12.2 Å². The van der Waals surface area contributed by atoms with Crippen LogP contribution in [0.5, 0.6) is 0 Å². The zero-order valence-corrected chi connectivity index (χ0v) is 15.5. The molecular weight excluding hydrogens is 332 g/mol. The third-order valence-corrected chi connectivity index (χ3v) is 4.84. The van der Waals surface area contributed by atoms with Gasteiger partial charge in [-0.05, 0) is 35.2 Å². The SMILES string of the molecule is Cc1ccc(-c2cc[n+](CC(=O)c3cccc4ccccc34)cn2)c(C)c1. The van der Waals surface area contributed by atoms with Crippen molar-refractivity contribution in [1.82, 2.24) is 4.98 Å². The van der Waals surface area contributed by atoms with E-state index in [0.29, 0.717) is 0 Å². The largest absolute Gasteiger partial charge is 0.290 e. The number of nitrogens with zero attached hydrogens (tertiary/aromatic N) is 2. The summed E-state index contributed by atoms with van der Waals surface area (Å²) in [5.41, 5.74) is 5.23. The summed E-state index contributed by atoms with van der Waals surface area (Å²) in [6, 6.07) is 22.1. The minimum absolute atomic E-state index is 0.0814. The Balaban J connectivity index is 1.59. The van der Waals surface area contributed by atoms with Gasteiger partial charge in [-0.25, -0.2) is 4.57 Å². The van der Waals surface area contributed by atoms with Crippen molar-refractivity contribution < 1.29 is 9.36 Å². The van der Waals surface area contributed by atoms with Crippen LogP contribution >= 0.6 is 0 Å². The summed E-state index contributed by atoms with van der Waals surface area (Å²) in [6.07, 6.45) is 3.66. The topological polar surface area (TPSA) is 33.8 Å². The average Bonchev–Trinajstić information content (AvgIpc) is 2.68. The van der Waals surface area contributed by atoms with Gasteiger partial charge in [-0.3, -0.25) is 4.79 Å². The first-order chi connectivity index (χ1) is 13.1. The lowest BCUT2D eigenvalue weighted by molar-refractivity contribution is -0.686. The number of aryl methyl sites for hydroxylation is 2. The fourth-order valence-electron chi connectivity index (χ4n) is 3.46. The Morgan fingerprint density at radius 2 is 1.78 bits per heavy atom. The highest BCUT2D eigenvalue weighted by Crippen LogP contribution is 2.21. The second-order valence-corrected chi connectivity index (χ2v) is 6.89. The molecule has 1 heterocycles. The lowest BCUT2D eigenvalue weighted by Crippen LogP contribution is -2.37. The van der Waals surface area contributed by atoms with E-state index in [4.69, 9.17) is 0 Å². The molecule has 0 amide bonds. The first-order valence-corrected chi connectivity index (χ1v) is 9.05. The number of Topliss-reactive ketones (excluding diaryl/α,β-unsaturated/α-hetero) is 1. The van der Waals surface area contributed by atoms with E-state index >= 15 is 0 Å². The Labute approximate surface area is 158 Å². The van der Waals surface area contributed by atoms with Gasteiger partial charge in [-0.1, -0.05) is 66.2 Å². The van der Waals surface area contributed by atoms with Crippen LogP contribution < -0.4 is 4.57 Å². The van der Waals surface area contributed by atoms with Crippen LogP contribution in [-0.4, -0.2) is 10.8 Å². The van der Waals surface area contributed by atoms with E-state index in [-0.39, 0.29) is 12.3 Å². The molecule has 3 heteroatoms. The molecule has 0 fully saturated rings. The van der Waals surface area contributed by atoms with Gasteiger partial charge < -0.3 is 0 Å². The highest BCUT2D eigenvalue weighted by Gasteiger charge is 2.14. The number of hydrogen-bond acceptors (Lipinski definition) is 2.